The Morgan fingerprint density at radius 2 is 1.62 bits per heavy atom. The number of esters is 1. The molecule has 0 aliphatic carbocycles. The first-order chi connectivity index (χ1) is 11.7. The molecule has 2 heterocycles. The van der Waals surface area contributed by atoms with Crippen molar-refractivity contribution in [1.29, 1.82) is 0 Å². The first-order valence-electron chi connectivity index (χ1n) is 7.37. The van der Waals surface area contributed by atoms with Gasteiger partial charge in [0.25, 0.3) is 0 Å². The highest BCUT2D eigenvalue weighted by molar-refractivity contribution is 6.03. The van der Waals surface area contributed by atoms with E-state index in [0.29, 0.717) is 5.52 Å². The third kappa shape index (κ3) is 2.42. The van der Waals surface area contributed by atoms with Crippen LogP contribution >= 0.6 is 0 Å². The van der Waals surface area contributed by atoms with Crippen molar-refractivity contribution in [3.05, 3.63) is 72.4 Å². The van der Waals surface area contributed by atoms with Gasteiger partial charge in [-0.1, -0.05) is 30.3 Å². The van der Waals surface area contributed by atoms with E-state index in [9.17, 15) is 9.90 Å². The lowest BCUT2D eigenvalue weighted by molar-refractivity contribution is 0.0725. The highest BCUT2D eigenvalue weighted by atomic mass is 16.5. The summed E-state index contributed by atoms with van der Waals surface area (Å²) in [5.74, 6) is -0.627. The van der Waals surface area contributed by atoms with Crippen molar-refractivity contribution in [1.82, 2.24) is 9.97 Å². The fraction of sp³-hybridized carbons (Fsp3) is 0. The van der Waals surface area contributed by atoms with Gasteiger partial charge < -0.3 is 9.84 Å². The molecular weight excluding hydrogens is 304 g/mol. The van der Waals surface area contributed by atoms with Crippen LogP contribution in [0.2, 0.25) is 0 Å². The largest absolute Gasteiger partial charge is 0.507 e. The molecule has 2 aromatic carbocycles. The zero-order valence-electron chi connectivity index (χ0n) is 12.5. The van der Waals surface area contributed by atoms with Gasteiger partial charge in [-0.3, -0.25) is 4.98 Å². The van der Waals surface area contributed by atoms with E-state index in [4.69, 9.17) is 4.74 Å². The fourth-order valence-electron chi connectivity index (χ4n) is 2.56. The number of benzene rings is 2. The predicted octanol–water partition coefficient (Wildman–Crippen LogP) is 3.71. The molecule has 4 aromatic rings. The second kappa shape index (κ2) is 5.62. The summed E-state index contributed by atoms with van der Waals surface area (Å²) in [5, 5.41) is 11.6. The molecule has 0 spiro atoms. The van der Waals surface area contributed by atoms with Crippen LogP contribution < -0.4 is 4.74 Å². The van der Waals surface area contributed by atoms with Gasteiger partial charge in [-0.25, -0.2) is 9.78 Å². The molecule has 0 unspecified atom stereocenters. The van der Waals surface area contributed by atoms with Crippen LogP contribution in [0.5, 0.6) is 11.6 Å². The topological polar surface area (TPSA) is 72.3 Å². The lowest BCUT2D eigenvalue weighted by Crippen LogP contribution is -2.09. The summed E-state index contributed by atoms with van der Waals surface area (Å²) >= 11 is 0. The number of aromatic nitrogens is 2. The van der Waals surface area contributed by atoms with E-state index in [-0.39, 0.29) is 17.2 Å². The Morgan fingerprint density at radius 1 is 0.875 bits per heavy atom. The number of hydrogen-bond donors (Lipinski definition) is 1. The molecule has 0 aliphatic rings. The van der Waals surface area contributed by atoms with Crippen molar-refractivity contribution >= 4 is 27.8 Å². The smallest absolute Gasteiger partial charge is 0.348 e. The Balaban J connectivity index is 1.76. The van der Waals surface area contributed by atoms with Crippen molar-refractivity contribution in [3.63, 3.8) is 0 Å². The van der Waals surface area contributed by atoms with Crippen LogP contribution in [0.15, 0.2) is 66.9 Å². The maximum atomic E-state index is 12.2. The van der Waals surface area contributed by atoms with E-state index in [1.165, 1.54) is 12.1 Å². The lowest BCUT2D eigenvalue weighted by Gasteiger charge is -2.07. The van der Waals surface area contributed by atoms with Crippen LogP contribution in [-0.2, 0) is 0 Å². The summed E-state index contributed by atoms with van der Waals surface area (Å²) in [6.45, 7) is 0. The molecule has 24 heavy (non-hydrogen) atoms. The van der Waals surface area contributed by atoms with Crippen LogP contribution in [0.4, 0.5) is 0 Å². The van der Waals surface area contributed by atoms with Crippen molar-refractivity contribution in [2.45, 2.75) is 0 Å². The Kier molecular flexibility index (Phi) is 3.31. The minimum absolute atomic E-state index is 0.0930. The zero-order valence-corrected chi connectivity index (χ0v) is 12.5. The van der Waals surface area contributed by atoms with E-state index >= 15 is 0 Å². The average Bonchev–Trinajstić information content (AvgIpc) is 2.62. The molecule has 5 nitrogen and oxygen atoms in total. The van der Waals surface area contributed by atoms with Crippen LogP contribution in [0.3, 0.4) is 0 Å². The summed E-state index contributed by atoms with van der Waals surface area (Å²) in [6, 6.07) is 17.4. The maximum absolute atomic E-state index is 12.2. The molecule has 2 aromatic heterocycles. The van der Waals surface area contributed by atoms with E-state index in [1.807, 2.05) is 30.3 Å². The lowest BCUT2D eigenvalue weighted by atomic mass is 10.1. The Bertz CT molecular complexity index is 1080. The molecule has 0 aliphatic heterocycles. The van der Waals surface area contributed by atoms with Crippen molar-refractivity contribution < 1.29 is 14.6 Å². The Morgan fingerprint density at radius 3 is 2.46 bits per heavy atom. The molecule has 0 fully saturated rings. The minimum atomic E-state index is -0.659. The van der Waals surface area contributed by atoms with Gasteiger partial charge in [-0.2, -0.15) is 0 Å². The molecule has 0 amide bonds. The molecule has 0 saturated carbocycles. The van der Waals surface area contributed by atoms with Gasteiger partial charge in [-0.05, 0) is 24.3 Å². The Labute approximate surface area is 137 Å². The first kappa shape index (κ1) is 14.1. The van der Waals surface area contributed by atoms with E-state index in [0.717, 1.165) is 16.3 Å². The SMILES string of the molecule is O=C(Oc1ccc2ccc3cccnc3c2n1)c1ccccc1O. The van der Waals surface area contributed by atoms with Gasteiger partial charge >= 0.3 is 5.97 Å². The van der Waals surface area contributed by atoms with Crippen LogP contribution in [-0.4, -0.2) is 21.0 Å². The summed E-state index contributed by atoms with van der Waals surface area (Å²) in [7, 11) is 0. The number of rotatable bonds is 2. The number of ether oxygens (including phenoxy) is 1. The summed E-state index contributed by atoms with van der Waals surface area (Å²) in [4.78, 5) is 21.0. The third-order valence-corrected chi connectivity index (χ3v) is 3.73. The standard InChI is InChI=1S/C19H12N2O3/c22-15-6-2-1-5-14(15)19(23)24-16-10-9-13-8-7-12-4-3-11-20-17(12)18(13)21-16/h1-11,22H. The number of aromatic hydroxyl groups is 1. The molecule has 1 N–H and O–H groups in total. The monoisotopic (exact) mass is 316 g/mol. The molecule has 0 bridgehead atoms. The number of pyridine rings is 2. The quantitative estimate of drug-likeness (QED) is 0.451. The number of carbonyl (C=O) groups excluding carboxylic acids is 1. The second-order valence-corrected chi connectivity index (χ2v) is 5.27. The van der Waals surface area contributed by atoms with Crippen LogP contribution in [0, 0.1) is 0 Å². The van der Waals surface area contributed by atoms with Crippen LogP contribution in [0.1, 0.15) is 10.4 Å². The second-order valence-electron chi connectivity index (χ2n) is 5.27. The normalized spacial score (nSPS) is 10.8. The maximum Gasteiger partial charge on any atom is 0.348 e. The number of phenols is 1. The van der Waals surface area contributed by atoms with E-state index < -0.39 is 5.97 Å². The number of hydrogen-bond acceptors (Lipinski definition) is 5. The fourth-order valence-corrected chi connectivity index (χ4v) is 2.56. The van der Waals surface area contributed by atoms with Crippen molar-refractivity contribution in [2.75, 3.05) is 0 Å². The van der Waals surface area contributed by atoms with Gasteiger partial charge in [0.05, 0.1) is 5.52 Å². The van der Waals surface area contributed by atoms with Gasteiger partial charge in [0, 0.05) is 23.0 Å². The molecular formula is C19H12N2O3. The van der Waals surface area contributed by atoms with Crippen molar-refractivity contribution in [2.24, 2.45) is 0 Å². The third-order valence-electron chi connectivity index (χ3n) is 3.73. The van der Waals surface area contributed by atoms with Gasteiger partial charge in [-0.15, -0.1) is 0 Å². The molecule has 4 rings (SSSR count). The van der Waals surface area contributed by atoms with E-state index in [2.05, 4.69) is 9.97 Å². The van der Waals surface area contributed by atoms with E-state index in [1.54, 1.807) is 24.4 Å². The molecule has 0 atom stereocenters. The molecule has 116 valence electrons. The number of nitrogens with zero attached hydrogens (tertiary/aromatic N) is 2. The molecule has 0 saturated heterocycles. The predicted molar refractivity (Wildman–Crippen MR) is 90.1 cm³/mol. The summed E-state index contributed by atoms with van der Waals surface area (Å²) < 4.78 is 5.30. The highest BCUT2D eigenvalue weighted by Gasteiger charge is 2.14. The Hall–Kier alpha value is -3.47. The highest BCUT2D eigenvalue weighted by Crippen LogP contribution is 2.25. The van der Waals surface area contributed by atoms with Gasteiger partial charge in [0.2, 0.25) is 5.88 Å². The average molecular weight is 316 g/mol. The van der Waals surface area contributed by atoms with Gasteiger partial charge in [0.1, 0.15) is 16.8 Å². The summed E-state index contributed by atoms with van der Waals surface area (Å²) in [5.41, 5.74) is 1.50. The minimum Gasteiger partial charge on any atom is -0.507 e. The number of para-hydroxylation sites is 1. The zero-order chi connectivity index (χ0) is 16.5. The molecule has 5 heteroatoms. The van der Waals surface area contributed by atoms with Crippen LogP contribution in [0.25, 0.3) is 21.8 Å². The number of fused-ring (bicyclic) bond motifs is 3. The summed E-state index contributed by atoms with van der Waals surface area (Å²) in [6.07, 6.45) is 1.70. The number of phenolic OH excluding ortho intramolecular Hbond substituents is 1. The van der Waals surface area contributed by atoms with Crippen molar-refractivity contribution in [3.8, 4) is 11.6 Å². The number of carbonyl (C=O) groups is 1. The van der Waals surface area contributed by atoms with Gasteiger partial charge in [0.15, 0.2) is 0 Å². The molecule has 0 radical (unpaired) electrons. The first-order valence-corrected chi connectivity index (χ1v) is 7.37.